The van der Waals surface area contributed by atoms with Crippen molar-refractivity contribution >= 4 is 16.7 Å². The number of carboxylic acids is 1. The third-order valence-electron chi connectivity index (χ3n) is 4.03. The summed E-state index contributed by atoms with van der Waals surface area (Å²) in [5.41, 5.74) is 0. The first kappa shape index (κ1) is 13.9. The third-order valence-corrected chi connectivity index (χ3v) is 4.03. The van der Waals surface area contributed by atoms with Crippen LogP contribution in [0.5, 0.6) is 5.75 Å². The van der Waals surface area contributed by atoms with Crippen molar-refractivity contribution < 1.29 is 14.6 Å². The maximum atomic E-state index is 11.1. The van der Waals surface area contributed by atoms with E-state index in [2.05, 4.69) is 12.1 Å². The summed E-state index contributed by atoms with van der Waals surface area (Å²) in [4.78, 5) is 13.1. The number of ether oxygens (including phenoxy) is 1. The first-order chi connectivity index (χ1) is 10.3. The van der Waals surface area contributed by atoms with Crippen LogP contribution in [0.3, 0.4) is 0 Å². The molecule has 0 saturated carbocycles. The SMILES string of the molecule is O=C(O)C1CCCN1CCOc1cccc2ccccc12. The quantitative estimate of drug-likeness (QED) is 0.917. The van der Waals surface area contributed by atoms with Gasteiger partial charge in [0.15, 0.2) is 0 Å². The van der Waals surface area contributed by atoms with Gasteiger partial charge in [-0.2, -0.15) is 0 Å². The lowest BCUT2D eigenvalue weighted by Crippen LogP contribution is -2.38. The number of likely N-dealkylation sites (tertiary alicyclic amines) is 1. The number of hydrogen-bond acceptors (Lipinski definition) is 3. The van der Waals surface area contributed by atoms with Crippen LogP contribution in [-0.4, -0.2) is 41.7 Å². The summed E-state index contributed by atoms with van der Waals surface area (Å²) in [5, 5.41) is 11.4. The van der Waals surface area contributed by atoms with Crippen molar-refractivity contribution in [3.05, 3.63) is 42.5 Å². The van der Waals surface area contributed by atoms with E-state index in [0.717, 1.165) is 35.9 Å². The van der Waals surface area contributed by atoms with E-state index < -0.39 is 5.97 Å². The minimum absolute atomic E-state index is 0.346. The molecule has 4 heteroatoms. The molecule has 0 radical (unpaired) electrons. The zero-order valence-corrected chi connectivity index (χ0v) is 11.9. The van der Waals surface area contributed by atoms with Crippen LogP contribution >= 0.6 is 0 Å². The van der Waals surface area contributed by atoms with Gasteiger partial charge in [0.25, 0.3) is 0 Å². The van der Waals surface area contributed by atoms with Crippen molar-refractivity contribution in [2.24, 2.45) is 0 Å². The lowest BCUT2D eigenvalue weighted by molar-refractivity contribution is -0.142. The molecule has 1 saturated heterocycles. The molecular weight excluding hydrogens is 266 g/mol. The number of hydrogen-bond donors (Lipinski definition) is 1. The van der Waals surface area contributed by atoms with Gasteiger partial charge >= 0.3 is 5.97 Å². The number of carboxylic acid groups (broad SMARTS) is 1. The molecule has 2 aromatic rings. The minimum atomic E-state index is -0.724. The zero-order valence-electron chi connectivity index (χ0n) is 11.9. The Labute approximate surface area is 123 Å². The summed E-state index contributed by atoms with van der Waals surface area (Å²) in [7, 11) is 0. The number of nitrogens with zero attached hydrogens (tertiary/aromatic N) is 1. The Kier molecular flexibility index (Phi) is 4.06. The standard InChI is InChI=1S/C17H19NO3/c19-17(20)15-8-4-10-18(15)11-12-21-16-9-3-6-13-5-1-2-7-14(13)16/h1-3,5-7,9,15H,4,8,10-12H2,(H,19,20). The fraction of sp³-hybridized carbons (Fsp3) is 0.353. The van der Waals surface area contributed by atoms with Crippen molar-refractivity contribution in [3.63, 3.8) is 0 Å². The van der Waals surface area contributed by atoms with Crippen LogP contribution in [0.25, 0.3) is 10.8 Å². The van der Waals surface area contributed by atoms with Gasteiger partial charge in [-0.1, -0.05) is 36.4 Å². The maximum Gasteiger partial charge on any atom is 0.320 e. The van der Waals surface area contributed by atoms with Crippen molar-refractivity contribution in [3.8, 4) is 5.75 Å². The highest BCUT2D eigenvalue weighted by atomic mass is 16.5. The van der Waals surface area contributed by atoms with Gasteiger partial charge < -0.3 is 9.84 Å². The van der Waals surface area contributed by atoms with Gasteiger partial charge in [-0.3, -0.25) is 9.69 Å². The summed E-state index contributed by atoms with van der Waals surface area (Å²) < 4.78 is 5.87. The van der Waals surface area contributed by atoms with Gasteiger partial charge in [0.1, 0.15) is 18.4 Å². The normalized spacial score (nSPS) is 19.0. The zero-order chi connectivity index (χ0) is 14.7. The molecule has 3 rings (SSSR count). The molecule has 0 aliphatic carbocycles. The van der Waals surface area contributed by atoms with Gasteiger partial charge in [-0.25, -0.2) is 0 Å². The fourth-order valence-corrected chi connectivity index (χ4v) is 2.97. The van der Waals surface area contributed by atoms with Crippen LogP contribution in [0.4, 0.5) is 0 Å². The van der Waals surface area contributed by atoms with Crippen molar-refractivity contribution in [2.45, 2.75) is 18.9 Å². The topological polar surface area (TPSA) is 49.8 Å². The van der Waals surface area contributed by atoms with E-state index in [4.69, 9.17) is 9.84 Å². The molecule has 0 bridgehead atoms. The molecule has 110 valence electrons. The highest BCUT2D eigenvalue weighted by Gasteiger charge is 2.29. The molecule has 0 aromatic heterocycles. The van der Waals surface area contributed by atoms with Crippen LogP contribution in [0, 0.1) is 0 Å². The second kappa shape index (κ2) is 6.14. The second-order valence-corrected chi connectivity index (χ2v) is 5.36. The molecule has 1 fully saturated rings. The van der Waals surface area contributed by atoms with E-state index in [9.17, 15) is 4.79 Å². The molecule has 1 aliphatic heterocycles. The highest BCUT2D eigenvalue weighted by Crippen LogP contribution is 2.25. The molecule has 4 nitrogen and oxygen atoms in total. The Morgan fingerprint density at radius 2 is 2.05 bits per heavy atom. The number of fused-ring (bicyclic) bond motifs is 1. The van der Waals surface area contributed by atoms with Gasteiger partial charge in [-0.15, -0.1) is 0 Å². The molecule has 1 heterocycles. The lowest BCUT2D eigenvalue weighted by atomic mass is 10.1. The number of benzene rings is 2. The second-order valence-electron chi connectivity index (χ2n) is 5.36. The van der Waals surface area contributed by atoms with Crippen LogP contribution in [0.15, 0.2) is 42.5 Å². The predicted octanol–water partition coefficient (Wildman–Crippen LogP) is 2.77. The first-order valence-electron chi connectivity index (χ1n) is 7.33. The van der Waals surface area contributed by atoms with Gasteiger partial charge in [0, 0.05) is 11.9 Å². The summed E-state index contributed by atoms with van der Waals surface area (Å²) in [6.45, 7) is 2.01. The van der Waals surface area contributed by atoms with E-state index in [0.29, 0.717) is 13.2 Å². The molecule has 1 atom stereocenters. The highest BCUT2D eigenvalue weighted by molar-refractivity contribution is 5.88. The summed E-state index contributed by atoms with van der Waals surface area (Å²) in [5.74, 6) is 0.136. The van der Waals surface area contributed by atoms with Crippen molar-refractivity contribution in [2.75, 3.05) is 19.7 Å². The van der Waals surface area contributed by atoms with Gasteiger partial charge in [0.05, 0.1) is 0 Å². The van der Waals surface area contributed by atoms with Crippen molar-refractivity contribution in [1.29, 1.82) is 0 Å². The third kappa shape index (κ3) is 3.00. The largest absolute Gasteiger partial charge is 0.492 e. The molecule has 1 unspecified atom stereocenters. The first-order valence-corrected chi connectivity index (χ1v) is 7.33. The summed E-state index contributed by atoms with van der Waals surface area (Å²) in [6.07, 6.45) is 1.69. The smallest absolute Gasteiger partial charge is 0.320 e. The summed E-state index contributed by atoms with van der Waals surface area (Å²) in [6, 6.07) is 13.8. The van der Waals surface area contributed by atoms with E-state index in [1.54, 1.807) is 0 Å². The van der Waals surface area contributed by atoms with Gasteiger partial charge in [0.2, 0.25) is 0 Å². The van der Waals surface area contributed by atoms with Crippen LogP contribution < -0.4 is 4.74 Å². The molecule has 2 aromatic carbocycles. The van der Waals surface area contributed by atoms with E-state index in [-0.39, 0.29) is 6.04 Å². The Bertz CT molecular complexity index is 635. The molecule has 0 amide bonds. The molecule has 1 aliphatic rings. The average molecular weight is 285 g/mol. The van der Waals surface area contributed by atoms with Crippen molar-refractivity contribution in [1.82, 2.24) is 4.90 Å². The molecule has 21 heavy (non-hydrogen) atoms. The summed E-state index contributed by atoms with van der Waals surface area (Å²) >= 11 is 0. The average Bonchev–Trinajstić information content (AvgIpc) is 2.96. The Morgan fingerprint density at radius 1 is 1.24 bits per heavy atom. The number of carbonyl (C=O) groups is 1. The van der Waals surface area contributed by atoms with E-state index >= 15 is 0 Å². The fourth-order valence-electron chi connectivity index (χ4n) is 2.97. The molecule has 1 N–H and O–H groups in total. The van der Waals surface area contributed by atoms with Crippen LogP contribution in [-0.2, 0) is 4.79 Å². The minimum Gasteiger partial charge on any atom is -0.492 e. The number of aliphatic carboxylic acids is 1. The maximum absolute atomic E-state index is 11.1. The Morgan fingerprint density at radius 3 is 2.90 bits per heavy atom. The number of rotatable bonds is 5. The van der Waals surface area contributed by atoms with Crippen LogP contribution in [0.1, 0.15) is 12.8 Å². The van der Waals surface area contributed by atoms with E-state index in [1.165, 1.54) is 0 Å². The Hall–Kier alpha value is -2.07. The van der Waals surface area contributed by atoms with Gasteiger partial charge in [-0.05, 0) is 30.8 Å². The lowest BCUT2D eigenvalue weighted by Gasteiger charge is -2.21. The monoisotopic (exact) mass is 285 g/mol. The van der Waals surface area contributed by atoms with E-state index in [1.807, 2.05) is 35.2 Å². The predicted molar refractivity (Wildman–Crippen MR) is 81.7 cm³/mol. The molecular formula is C17H19NO3. The molecule has 0 spiro atoms. The van der Waals surface area contributed by atoms with Crippen LogP contribution in [0.2, 0.25) is 0 Å². The Balaban J connectivity index is 1.63.